The van der Waals surface area contributed by atoms with E-state index in [-0.39, 0.29) is 0 Å². The zero-order chi connectivity index (χ0) is 12.6. The lowest BCUT2D eigenvalue weighted by Gasteiger charge is -2.32. The first-order valence-electron chi connectivity index (χ1n) is 7.10. The summed E-state index contributed by atoms with van der Waals surface area (Å²) in [6.07, 6.45) is 5.52. The molecule has 1 saturated carbocycles. The average Bonchev–Trinajstić information content (AvgIpc) is 3.11. The Hall–Kier alpha value is -0.470. The van der Waals surface area contributed by atoms with Crippen LogP contribution in [0.15, 0.2) is 29.2 Å². The molecule has 18 heavy (non-hydrogen) atoms. The van der Waals surface area contributed by atoms with Crippen molar-refractivity contribution >= 4 is 11.8 Å². The number of hydrogen-bond donors (Lipinski definition) is 1. The van der Waals surface area contributed by atoms with Gasteiger partial charge >= 0.3 is 0 Å². The summed E-state index contributed by atoms with van der Waals surface area (Å²) in [5.74, 6) is 0.967. The third-order valence-electron chi connectivity index (χ3n) is 4.55. The van der Waals surface area contributed by atoms with Crippen LogP contribution < -0.4 is 5.32 Å². The second-order valence-electron chi connectivity index (χ2n) is 6.21. The molecule has 1 N–H and O–H groups in total. The molecule has 1 aromatic rings. The SMILES string of the molecule is CNCC(C)(CC1Cc2ccccc2S1)C1CC1. The predicted octanol–water partition coefficient (Wildman–Crippen LogP) is 3.73. The van der Waals surface area contributed by atoms with E-state index in [0.29, 0.717) is 5.41 Å². The molecule has 98 valence electrons. The summed E-state index contributed by atoms with van der Waals surface area (Å²) in [5.41, 5.74) is 2.07. The van der Waals surface area contributed by atoms with Crippen molar-refractivity contribution in [2.75, 3.05) is 13.6 Å². The topological polar surface area (TPSA) is 12.0 Å². The van der Waals surface area contributed by atoms with Crippen LogP contribution >= 0.6 is 11.8 Å². The van der Waals surface area contributed by atoms with Crippen molar-refractivity contribution < 1.29 is 0 Å². The molecule has 0 bridgehead atoms. The minimum atomic E-state index is 0.508. The van der Waals surface area contributed by atoms with Gasteiger partial charge in [-0.3, -0.25) is 0 Å². The molecule has 2 aliphatic rings. The average molecular weight is 261 g/mol. The van der Waals surface area contributed by atoms with Crippen LogP contribution in [0.25, 0.3) is 0 Å². The van der Waals surface area contributed by atoms with Crippen molar-refractivity contribution in [2.45, 2.75) is 42.8 Å². The highest BCUT2D eigenvalue weighted by Crippen LogP contribution is 2.51. The predicted molar refractivity (Wildman–Crippen MR) is 79.2 cm³/mol. The maximum Gasteiger partial charge on any atom is 0.0141 e. The lowest BCUT2D eigenvalue weighted by molar-refractivity contribution is 0.241. The minimum Gasteiger partial charge on any atom is -0.319 e. The van der Waals surface area contributed by atoms with Crippen LogP contribution in [-0.4, -0.2) is 18.8 Å². The van der Waals surface area contributed by atoms with Crippen LogP contribution in [0.3, 0.4) is 0 Å². The van der Waals surface area contributed by atoms with Gasteiger partial charge < -0.3 is 5.32 Å². The first-order chi connectivity index (χ1) is 8.71. The van der Waals surface area contributed by atoms with E-state index in [2.05, 4.69) is 55.3 Å². The molecule has 2 unspecified atom stereocenters. The van der Waals surface area contributed by atoms with Crippen molar-refractivity contribution in [3.8, 4) is 0 Å². The van der Waals surface area contributed by atoms with Gasteiger partial charge in [0.05, 0.1) is 0 Å². The number of fused-ring (bicyclic) bond motifs is 1. The zero-order valence-corrected chi connectivity index (χ0v) is 12.2. The maximum atomic E-state index is 3.42. The third kappa shape index (κ3) is 2.46. The number of benzene rings is 1. The third-order valence-corrected chi connectivity index (χ3v) is 5.87. The summed E-state index contributed by atoms with van der Waals surface area (Å²) in [5, 5.41) is 4.21. The fourth-order valence-corrected chi connectivity index (χ4v) is 5.00. The molecule has 0 amide bonds. The molecule has 2 atom stereocenters. The molecule has 1 aromatic carbocycles. The number of hydrogen-bond acceptors (Lipinski definition) is 2. The Labute approximate surface area is 115 Å². The van der Waals surface area contributed by atoms with Crippen molar-refractivity contribution in [1.29, 1.82) is 0 Å². The number of thioether (sulfide) groups is 1. The van der Waals surface area contributed by atoms with Gasteiger partial charge in [-0.2, -0.15) is 0 Å². The molecule has 2 heteroatoms. The van der Waals surface area contributed by atoms with Crippen molar-refractivity contribution in [3.63, 3.8) is 0 Å². The summed E-state index contributed by atoms with van der Waals surface area (Å²) in [6, 6.07) is 8.93. The Balaban J connectivity index is 1.67. The monoisotopic (exact) mass is 261 g/mol. The van der Waals surface area contributed by atoms with E-state index in [1.54, 1.807) is 5.56 Å². The first kappa shape index (κ1) is 12.6. The van der Waals surface area contributed by atoms with E-state index < -0.39 is 0 Å². The van der Waals surface area contributed by atoms with Crippen molar-refractivity contribution in [1.82, 2.24) is 5.32 Å². The summed E-state index contributed by atoms with van der Waals surface area (Å²) in [7, 11) is 2.09. The summed E-state index contributed by atoms with van der Waals surface area (Å²) < 4.78 is 0. The summed E-state index contributed by atoms with van der Waals surface area (Å²) >= 11 is 2.11. The van der Waals surface area contributed by atoms with E-state index >= 15 is 0 Å². The van der Waals surface area contributed by atoms with Crippen LogP contribution in [0.4, 0.5) is 0 Å². The molecule has 0 spiro atoms. The molecular formula is C16H23NS. The number of nitrogens with one attached hydrogen (secondary N) is 1. The van der Waals surface area contributed by atoms with Crippen LogP contribution in [0, 0.1) is 11.3 Å². The van der Waals surface area contributed by atoms with E-state index in [1.165, 1.54) is 37.1 Å². The zero-order valence-electron chi connectivity index (χ0n) is 11.4. The normalized spacial score (nSPS) is 25.8. The van der Waals surface area contributed by atoms with Gasteiger partial charge in [0, 0.05) is 16.7 Å². The molecule has 1 aliphatic carbocycles. The molecule has 1 nitrogen and oxygen atoms in total. The van der Waals surface area contributed by atoms with Gasteiger partial charge in [-0.15, -0.1) is 11.8 Å². The highest BCUT2D eigenvalue weighted by Gasteiger charge is 2.43. The molecule has 0 radical (unpaired) electrons. The Bertz CT molecular complexity index is 402. The summed E-state index contributed by atoms with van der Waals surface area (Å²) in [4.78, 5) is 1.52. The molecule has 1 fully saturated rings. The highest BCUT2D eigenvalue weighted by atomic mass is 32.2. The molecular weight excluding hydrogens is 238 g/mol. The van der Waals surface area contributed by atoms with Crippen molar-refractivity contribution in [2.24, 2.45) is 11.3 Å². The van der Waals surface area contributed by atoms with Crippen LogP contribution in [-0.2, 0) is 6.42 Å². The van der Waals surface area contributed by atoms with Gasteiger partial charge in [0.1, 0.15) is 0 Å². The highest BCUT2D eigenvalue weighted by molar-refractivity contribution is 8.00. The second kappa shape index (κ2) is 4.90. The van der Waals surface area contributed by atoms with Gasteiger partial charge in [-0.1, -0.05) is 25.1 Å². The first-order valence-corrected chi connectivity index (χ1v) is 7.98. The Morgan fingerprint density at radius 2 is 2.11 bits per heavy atom. The van der Waals surface area contributed by atoms with Crippen molar-refractivity contribution in [3.05, 3.63) is 29.8 Å². The second-order valence-corrected chi connectivity index (χ2v) is 7.56. The lowest BCUT2D eigenvalue weighted by Crippen LogP contribution is -2.34. The van der Waals surface area contributed by atoms with E-state index in [0.717, 1.165) is 11.2 Å². The van der Waals surface area contributed by atoms with E-state index in [1.807, 2.05) is 0 Å². The number of rotatable bonds is 5. The fourth-order valence-electron chi connectivity index (χ4n) is 3.46. The lowest BCUT2D eigenvalue weighted by atomic mass is 9.79. The van der Waals surface area contributed by atoms with E-state index in [4.69, 9.17) is 0 Å². The Morgan fingerprint density at radius 3 is 2.78 bits per heavy atom. The standard InChI is InChI=1S/C16H23NS/c1-16(11-17-2,13-7-8-13)10-14-9-12-5-3-4-6-15(12)18-14/h3-6,13-14,17H,7-11H2,1-2H3. The maximum absolute atomic E-state index is 3.42. The molecule has 1 aliphatic heterocycles. The van der Waals surface area contributed by atoms with Crippen LogP contribution in [0.5, 0.6) is 0 Å². The van der Waals surface area contributed by atoms with Crippen LogP contribution in [0.1, 0.15) is 31.7 Å². The minimum absolute atomic E-state index is 0.508. The largest absolute Gasteiger partial charge is 0.319 e. The van der Waals surface area contributed by atoms with Gasteiger partial charge in [-0.25, -0.2) is 0 Å². The molecule has 0 aromatic heterocycles. The van der Waals surface area contributed by atoms with Gasteiger partial charge in [0.15, 0.2) is 0 Å². The smallest absolute Gasteiger partial charge is 0.0141 e. The van der Waals surface area contributed by atoms with Crippen LogP contribution in [0.2, 0.25) is 0 Å². The van der Waals surface area contributed by atoms with Gasteiger partial charge in [-0.05, 0) is 55.7 Å². The summed E-state index contributed by atoms with van der Waals surface area (Å²) in [6.45, 7) is 3.66. The molecule has 1 heterocycles. The Kier molecular flexibility index (Phi) is 3.42. The molecule has 0 saturated heterocycles. The fraction of sp³-hybridized carbons (Fsp3) is 0.625. The molecule has 3 rings (SSSR count). The van der Waals surface area contributed by atoms with Gasteiger partial charge in [0.25, 0.3) is 0 Å². The Morgan fingerprint density at radius 1 is 1.33 bits per heavy atom. The van der Waals surface area contributed by atoms with E-state index in [9.17, 15) is 0 Å². The van der Waals surface area contributed by atoms with Gasteiger partial charge in [0.2, 0.25) is 0 Å². The quantitative estimate of drug-likeness (QED) is 0.867.